The average Bonchev–Trinajstić information content (AvgIpc) is 3.12. The molecule has 4 nitrogen and oxygen atoms in total. The zero-order chi connectivity index (χ0) is 12.4. The third-order valence-corrected chi connectivity index (χ3v) is 2.92. The van der Waals surface area contributed by atoms with Gasteiger partial charge in [-0.2, -0.15) is 0 Å². The maximum atomic E-state index is 11.3. The highest BCUT2D eigenvalue weighted by molar-refractivity contribution is 6.32. The maximum absolute atomic E-state index is 11.3. The molecule has 0 aromatic heterocycles. The predicted molar refractivity (Wildman–Crippen MR) is 62.7 cm³/mol. The average molecular weight is 257 g/mol. The number of carbonyl (C=O) groups excluding carboxylic acids is 1. The van der Waals surface area contributed by atoms with Gasteiger partial charge in [0.15, 0.2) is 0 Å². The monoisotopic (exact) mass is 256 g/mol. The van der Waals surface area contributed by atoms with Crippen LogP contribution in [0.25, 0.3) is 0 Å². The number of esters is 1. The summed E-state index contributed by atoms with van der Waals surface area (Å²) < 4.78 is 9.99. The lowest BCUT2D eigenvalue weighted by molar-refractivity contribution is 0.0597. The van der Waals surface area contributed by atoms with E-state index >= 15 is 0 Å². The maximum Gasteiger partial charge on any atom is 0.341 e. The van der Waals surface area contributed by atoms with Crippen molar-refractivity contribution >= 4 is 17.6 Å². The van der Waals surface area contributed by atoms with Crippen molar-refractivity contribution in [3.8, 4) is 11.5 Å². The van der Waals surface area contributed by atoms with E-state index in [0.29, 0.717) is 23.3 Å². The smallest absolute Gasteiger partial charge is 0.341 e. The first kappa shape index (κ1) is 12.0. The van der Waals surface area contributed by atoms with Crippen LogP contribution in [0.4, 0.5) is 0 Å². The summed E-state index contributed by atoms with van der Waals surface area (Å²) in [6.07, 6.45) is 2.34. The molecule has 2 rings (SSSR count). The fourth-order valence-electron chi connectivity index (χ4n) is 1.42. The number of hydrogen-bond donors (Lipinski definition) is 1. The highest BCUT2D eigenvalue weighted by atomic mass is 35.5. The van der Waals surface area contributed by atoms with Gasteiger partial charge in [-0.3, -0.25) is 0 Å². The standard InChI is InChI=1S/C12H13ClO4/c1-16-12(15)8-4-9(13)11(5-10(8)14)17-6-7-2-3-7/h4-5,7,14H,2-3,6H2,1H3. The summed E-state index contributed by atoms with van der Waals surface area (Å²) in [5.41, 5.74) is 0.0382. The molecule has 0 radical (unpaired) electrons. The van der Waals surface area contributed by atoms with Gasteiger partial charge >= 0.3 is 5.97 Å². The summed E-state index contributed by atoms with van der Waals surface area (Å²) in [5, 5.41) is 9.95. The van der Waals surface area contributed by atoms with E-state index in [4.69, 9.17) is 16.3 Å². The minimum Gasteiger partial charge on any atom is -0.507 e. The van der Waals surface area contributed by atoms with E-state index in [1.54, 1.807) is 0 Å². The number of carbonyl (C=O) groups is 1. The highest BCUT2D eigenvalue weighted by Crippen LogP contribution is 2.35. The first-order chi connectivity index (χ1) is 8.11. The van der Waals surface area contributed by atoms with Crippen LogP contribution in [0.5, 0.6) is 11.5 Å². The van der Waals surface area contributed by atoms with Crippen LogP contribution in [0.15, 0.2) is 12.1 Å². The zero-order valence-corrected chi connectivity index (χ0v) is 10.2. The quantitative estimate of drug-likeness (QED) is 0.842. The predicted octanol–water partition coefficient (Wildman–Crippen LogP) is 2.62. The summed E-state index contributed by atoms with van der Waals surface area (Å²) in [7, 11) is 1.24. The second-order valence-corrected chi connectivity index (χ2v) is 4.45. The van der Waals surface area contributed by atoms with Crippen molar-refractivity contribution in [1.82, 2.24) is 0 Å². The van der Waals surface area contributed by atoms with E-state index < -0.39 is 5.97 Å². The molecule has 1 aliphatic carbocycles. The van der Waals surface area contributed by atoms with Crippen LogP contribution in [0.1, 0.15) is 23.2 Å². The van der Waals surface area contributed by atoms with Crippen LogP contribution in [0.3, 0.4) is 0 Å². The Balaban J connectivity index is 2.17. The fourth-order valence-corrected chi connectivity index (χ4v) is 1.64. The molecule has 1 aliphatic rings. The topological polar surface area (TPSA) is 55.8 Å². The van der Waals surface area contributed by atoms with Crippen LogP contribution in [0, 0.1) is 5.92 Å². The molecule has 0 amide bonds. The van der Waals surface area contributed by atoms with Gasteiger partial charge in [0.25, 0.3) is 0 Å². The highest BCUT2D eigenvalue weighted by Gasteiger charge is 2.23. The van der Waals surface area contributed by atoms with Gasteiger partial charge in [-0.15, -0.1) is 0 Å². The fraction of sp³-hybridized carbons (Fsp3) is 0.417. The van der Waals surface area contributed by atoms with Crippen molar-refractivity contribution in [3.05, 3.63) is 22.7 Å². The Morgan fingerprint density at radius 1 is 1.53 bits per heavy atom. The first-order valence-corrected chi connectivity index (χ1v) is 5.73. The normalized spacial score (nSPS) is 14.5. The molecule has 0 bridgehead atoms. The molecule has 1 aromatic rings. The van der Waals surface area contributed by atoms with Crippen molar-refractivity contribution in [1.29, 1.82) is 0 Å². The van der Waals surface area contributed by atoms with Crippen molar-refractivity contribution < 1.29 is 19.4 Å². The van der Waals surface area contributed by atoms with Crippen LogP contribution < -0.4 is 4.74 Å². The van der Waals surface area contributed by atoms with Crippen molar-refractivity contribution in [2.75, 3.05) is 13.7 Å². The van der Waals surface area contributed by atoms with Gasteiger partial charge in [-0.05, 0) is 24.8 Å². The second kappa shape index (κ2) is 4.84. The number of phenolic OH excluding ortho intramolecular Hbond substituents is 1. The molecular formula is C12H13ClO4. The molecule has 0 spiro atoms. The summed E-state index contributed by atoms with van der Waals surface area (Å²) in [6.45, 7) is 0.594. The van der Waals surface area contributed by atoms with E-state index in [0.717, 1.165) is 0 Å². The minimum atomic E-state index is -0.627. The van der Waals surface area contributed by atoms with Gasteiger partial charge < -0.3 is 14.6 Å². The molecule has 1 saturated carbocycles. The molecule has 17 heavy (non-hydrogen) atoms. The summed E-state index contributed by atoms with van der Waals surface area (Å²) in [5.74, 6) is 0.169. The number of methoxy groups -OCH3 is 1. The zero-order valence-electron chi connectivity index (χ0n) is 9.40. The van der Waals surface area contributed by atoms with E-state index in [-0.39, 0.29) is 11.3 Å². The van der Waals surface area contributed by atoms with Crippen LogP contribution in [-0.2, 0) is 4.74 Å². The number of halogens is 1. The molecule has 0 unspecified atom stereocenters. The van der Waals surface area contributed by atoms with Gasteiger partial charge in [0.2, 0.25) is 0 Å². The number of benzene rings is 1. The molecule has 0 heterocycles. The Bertz CT molecular complexity index is 440. The van der Waals surface area contributed by atoms with Crippen molar-refractivity contribution in [3.63, 3.8) is 0 Å². The summed E-state index contributed by atoms with van der Waals surface area (Å²) in [6, 6.07) is 2.70. The molecule has 92 valence electrons. The minimum absolute atomic E-state index is 0.0382. The van der Waals surface area contributed by atoms with Gasteiger partial charge in [0, 0.05) is 6.07 Å². The number of aromatic hydroxyl groups is 1. The van der Waals surface area contributed by atoms with E-state index in [9.17, 15) is 9.90 Å². The van der Waals surface area contributed by atoms with Crippen LogP contribution in [-0.4, -0.2) is 24.8 Å². The number of phenols is 1. The molecule has 1 N–H and O–H groups in total. The Labute approximate surface area is 104 Å². The third-order valence-electron chi connectivity index (χ3n) is 2.63. The molecule has 0 aliphatic heterocycles. The van der Waals surface area contributed by atoms with Crippen LogP contribution >= 0.6 is 11.6 Å². The molecule has 1 fully saturated rings. The summed E-state index contributed by atoms with van der Waals surface area (Å²) >= 11 is 5.96. The molecular weight excluding hydrogens is 244 g/mol. The Morgan fingerprint density at radius 2 is 2.24 bits per heavy atom. The van der Waals surface area contributed by atoms with Gasteiger partial charge in [-0.25, -0.2) is 4.79 Å². The SMILES string of the molecule is COC(=O)c1cc(Cl)c(OCC2CC2)cc1O. The molecule has 0 atom stereocenters. The number of ether oxygens (including phenoxy) is 2. The first-order valence-electron chi connectivity index (χ1n) is 5.35. The second-order valence-electron chi connectivity index (χ2n) is 4.05. The lowest BCUT2D eigenvalue weighted by atomic mass is 10.2. The Morgan fingerprint density at radius 3 is 2.82 bits per heavy atom. The van der Waals surface area contributed by atoms with E-state index in [2.05, 4.69) is 4.74 Å². The van der Waals surface area contributed by atoms with Crippen LogP contribution in [0.2, 0.25) is 5.02 Å². The van der Waals surface area contributed by atoms with Crippen molar-refractivity contribution in [2.24, 2.45) is 5.92 Å². The third kappa shape index (κ3) is 2.82. The van der Waals surface area contributed by atoms with E-state index in [1.807, 2.05) is 0 Å². The molecule has 0 saturated heterocycles. The Hall–Kier alpha value is -1.42. The molecule has 1 aromatic carbocycles. The van der Waals surface area contributed by atoms with Gasteiger partial charge in [-0.1, -0.05) is 11.6 Å². The van der Waals surface area contributed by atoms with Crippen molar-refractivity contribution in [2.45, 2.75) is 12.8 Å². The largest absolute Gasteiger partial charge is 0.507 e. The summed E-state index contributed by atoms with van der Waals surface area (Å²) in [4.78, 5) is 11.3. The Kier molecular flexibility index (Phi) is 3.43. The van der Waals surface area contributed by atoms with Gasteiger partial charge in [0.05, 0.1) is 18.7 Å². The number of hydrogen-bond acceptors (Lipinski definition) is 4. The van der Waals surface area contributed by atoms with Gasteiger partial charge in [0.1, 0.15) is 17.1 Å². The number of rotatable bonds is 4. The van der Waals surface area contributed by atoms with E-state index in [1.165, 1.54) is 32.1 Å². The lowest BCUT2D eigenvalue weighted by Gasteiger charge is -2.10. The lowest BCUT2D eigenvalue weighted by Crippen LogP contribution is -2.04. The molecule has 5 heteroatoms.